The molecule has 0 aliphatic heterocycles. The van der Waals surface area contributed by atoms with Crippen LogP contribution in [0.3, 0.4) is 0 Å². The second-order valence-electron chi connectivity index (χ2n) is 3.85. The van der Waals surface area contributed by atoms with Gasteiger partial charge in [-0.05, 0) is 37.0 Å². The number of pyridine rings is 1. The number of aromatic nitrogens is 1. The molecule has 0 bridgehead atoms. The first kappa shape index (κ1) is 13.0. The SMILES string of the molecule is Cc1cnccc1C(N)CCCC(F)(F)F. The van der Waals surface area contributed by atoms with Gasteiger partial charge >= 0.3 is 6.18 Å². The number of alkyl halides is 3. The van der Waals surface area contributed by atoms with Crippen LogP contribution in [0.5, 0.6) is 0 Å². The molecule has 0 aliphatic rings. The first-order valence-corrected chi connectivity index (χ1v) is 5.13. The lowest BCUT2D eigenvalue weighted by atomic mass is 9.99. The van der Waals surface area contributed by atoms with E-state index in [0.717, 1.165) is 11.1 Å². The molecule has 0 spiro atoms. The van der Waals surface area contributed by atoms with Crippen molar-refractivity contribution in [1.29, 1.82) is 0 Å². The number of nitrogens with zero attached hydrogens (tertiary/aromatic N) is 1. The molecule has 0 radical (unpaired) electrons. The van der Waals surface area contributed by atoms with Crippen LogP contribution < -0.4 is 5.73 Å². The third kappa shape index (κ3) is 4.18. The first-order chi connectivity index (χ1) is 7.40. The maximum atomic E-state index is 11.9. The molecule has 1 aromatic rings. The third-order valence-electron chi connectivity index (χ3n) is 2.44. The summed E-state index contributed by atoms with van der Waals surface area (Å²) in [4.78, 5) is 3.91. The fourth-order valence-corrected chi connectivity index (χ4v) is 1.58. The van der Waals surface area contributed by atoms with Crippen LogP contribution in [-0.2, 0) is 0 Å². The van der Waals surface area contributed by atoms with Gasteiger partial charge < -0.3 is 5.73 Å². The minimum atomic E-state index is -4.09. The highest BCUT2D eigenvalue weighted by Gasteiger charge is 2.26. The van der Waals surface area contributed by atoms with Gasteiger partial charge in [-0.2, -0.15) is 13.2 Å². The minimum Gasteiger partial charge on any atom is -0.324 e. The Labute approximate surface area is 92.7 Å². The Balaban J connectivity index is 2.47. The fourth-order valence-electron chi connectivity index (χ4n) is 1.58. The van der Waals surface area contributed by atoms with Crippen LogP contribution in [-0.4, -0.2) is 11.2 Å². The molecule has 1 unspecified atom stereocenters. The number of aryl methyl sites for hydroxylation is 1. The zero-order chi connectivity index (χ0) is 12.2. The number of nitrogens with two attached hydrogens (primary N) is 1. The van der Waals surface area contributed by atoms with Crippen LogP contribution in [0.4, 0.5) is 13.2 Å². The van der Waals surface area contributed by atoms with E-state index in [4.69, 9.17) is 5.73 Å². The molecule has 0 fully saturated rings. The Bertz CT molecular complexity index is 336. The van der Waals surface area contributed by atoms with Crippen molar-refractivity contribution in [3.8, 4) is 0 Å². The van der Waals surface area contributed by atoms with Crippen LogP contribution in [0, 0.1) is 6.92 Å². The van der Waals surface area contributed by atoms with Crippen LogP contribution in [0.1, 0.15) is 36.4 Å². The van der Waals surface area contributed by atoms with Gasteiger partial charge in [0.25, 0.3) is 0 Å². The molecule has 1 aromatic heterocycles. The van der Waals surface area contributed by atoms with Crippen molar-refractivity contribution >= 4 is 0 Å². The van der Waals surface area contributed by atoms with Crippen molar-refractivity contribution in [1.82, 2.24) is 4.98 Å². The van der Waals surface area contributed by atoms with E-state index in [-0.39, 0.29) is 12.5 Å². The van der Waals surface area contributed by atoms with E-state index in [1.165, 1.54) is 0 Å². The number of hydrogen-bond donors (Lipinski definition) is 1. The molecule has 5 heteroatoms. The minimum absolute atomic E-state index is 0.0619. The molecular weight excluding hydrogens is 217 g/mol. The Morgan fingerprint density at radius 1 is 1.44 bits per heavy atom. The Morgan fingerprint density at radius 3 is 2.69 bits per heavy atom. The van der Waals surface area contributed by atoms with E-state index in [0.29, 0.717) is 6.42 Å². The number of hydrogen-bond acceptors (Lipinski definition) is 2. The molecule has 16 heavy (non-hydrogen) atoms. The van der Waals surface area contributed by atoms with Gasteiger partial charge in [-0.25, -0.2) is 0 Å². The van der Waals surface area contributed by atoms with E-state index in [9.17, 15) is 13.2 Å². The summed E-state index contributed by atoms with van der Waals surface area (Å²) in [6.45, 7) is 1.85. The highest BCUT2D eigenvalue weighted by atomic mass is 19.4. The van der Waals surface area contributed by atoms with Gasteiger partial charge in [0.05, 0.1) is 0 Å². The molecule has 1 rings (SSSR count). The molecule has 0 saturated heterocycles. The zero-order valence-corrected chi connectivity index (χ0v) is 9.09. The summed E-state index contributed by atoms with van der Waals surface area (Å²) < 4.78 is 35.8. The van der Waals surface area contributed by atoms with Crippen LogP contribution in [0.25, 0.3) is 0 Å². The van der Waals surface area contributed by atoms with Crippen LogP contribution >= 0.6 is 0 Å². The Hall–Kier alpha value is -1.10. The zero-order valence-electron chi connectivity index (χ0n) is 9.09. The van der Waals surface area contributed by atoms with Gasteiger partial charge in [-0.3, -0.25) is 4.98 Å². The predicted molar refractivity (Wildman–Crippen MR) is 55.8 cm³/mol. The second kappa shape index (κ2) is 5.30. The summed E-state index contributed by atoms with van der Waals surface area (Å²) >= 11 is 0. The average molecular weight is 232 g/mol. The topological polar surface area (TPSA) is 38.9 Å². The van der Waals surface area contributed by atoms with E-state index < -0.39 is 12.6 Å². The summed E-state index contributed by atoms with van der Waals surface area (Å²) in [6.07, 6.45) is -1.19. The molecule has 2 N–H and O–H groups in total. The Kier molecular flexibility index (Phi) is 4.29. The molecular formula is C11H15F3N2. The molecule has 0 saturated carbocycles. The van der Waals surface area contributed by atoms with Crippen LogP contribution in [0.2, 0.25) is 0 Å². The third-order valence-corrected chi connectivity index (χ3v) is 2.44. The van der Waals surface area contributed by atoms with Crippen molar-refractivity contribution < 1.29 is 13.2 Å². The maximum Gasteiger partial charge on any atom is 0.389 e. The summed E-state index contributed by atoms with van der Waals surface area (Å²) in [6, 6.07) is 1.42. The molecule has 90 valence electrons. The van der Waals surface area contributed by atoms with Gasteiger partial charge in [0.15, 0.2) is 0 Å². The van der Waals surface area contributed by atoms with E-state index in [1.54, 1.807) is 18.5 Å². The van der Waals surface area contributed by atoms with Gasteiger partial charge in [0.2, 0.25) is 0 Å². The summed E-state index contributed by atoms with van der Waals surface area (Å²) in [7, 11) is 0. The van der Waals surface area contributed by atoms with Gasteiger partial charge in [0, 0.05) is 24.9 Å². The standard InChI is InChI=1S/C11H15F3N2/c1-8-7-16-6-4-9(8)10(15)3-2-5-11(12,13)14/h4,6-7,10H,2-3,5,15H2,1H3. The van der Waals surface area contributed by atoms with Gasteiger partial charge in [-0.15, -0.1) is 0 Å². The highest BCUT2D eigenvalue weighted by Crippen LogP contribution is 2.25. The van der Waals surface area contributed by atoms with Gasteiger partial charge in [-0.1, -0.05) is 0 Å². The molecule has 0 aliphatic carbocycles. The molecule has 0 aromatic carbocycles. The fraction of sp³-hybridized carbons (Fsp3) is 0.545. The second-order valence-corrected chi connectivity index (χ2v) is 3.85. The highest BCUT2D eigenvalue weighted by molar-refractivity contribution is 5.24. The molecule has 2 nitrogen and oxygen atoms in total. The Morgan fingerprint density at radius 2 is 2.12 bits per heavy atom. The van der Waals surface area contributed by atoms with Crippen molar-refractivity contribution in [2.45, 2.75) is 38.4 Å². The molecule has 1 atom stereocenters. The summed E-state index contributed by atoms with van der Waals surface area (Å²) in [5.74, 6) is 0. The lowest BCUT2D eigenvalue weighted by Crippen LogP contribution is -2.14. The van der Waals surface area contributed by atoms with Gasteiger partial charge in [0.1, 0.15) is 0 Å². The van der Waals surface area contributed by atoms with E-state index >= 15 is 0 Å². The molecule has 0 amide bonds. The van der Waals surface area contributed by atoms with E-state index in [2.05, 4.69) is 4.98 Å². The summed E-state index contributed by atoms with van der Waals surface area (Å²) in [5.41, 5.74) is 7.62. The number of rotatable bonds is 4. The first-order valence-electron chi connectivity index (χ1n) is 5.13. The lowest BCUT2D eigenvalue weighted by Gasteiger charge is -2.14. The van der Waals surface area contributed by atoms with E-state index in [1.807, 2.05) is 6.92 Å². The largest absolute Gasteiger partial charge is 0.389 e. The molecule has 1 heterocycles. The lowest BCUT2D eigenvalue weighted by molar-refractivity contribution is -0.135. The van der Waals surface area contributed by atoms with Crippen LogP contribution in [0.15, 0.2) is 18.5 Å². The smallest absolute Gasteiger partial charge is 0.324 e. The van der Waals surface area contributed by atoms with Crippen molar-refractivity contribution in [2.75, 3.05) is 0 Å². The quantitative estimate of drug-likeness (QED) is 0.866. The summed E-state index contributed by atoms with van der Waals surface area (Å²) in [5, 5.41) is 0. The average Bonchev–Trinajstić information content (AvgIpc) is 2.16. The predicted octanol–water partition coefficient (Wildman–Crippen LogP) is 3.12. The monoisotopic (exact) mass is 232 g/mol. The normalized spacial score (nSPS) is 13.8. The maximum absolute atomic E-state index is 11.9. The van der Waals surface area contributed by atoms with Crippen molar-refractivity contribution in [3.05, 3.63) is 29.6 Å². The number of halogens is 3. The van der Waals surface area contributed by atoms with Crippen molar-refractivity contribution in [3.63, 3.8) is 0 Å². The van der Waals surface area contributed by atoms with Crippen molar-refractivity contribution in [2.24, 2.45) is 5.73 Å².